The van der Waals surface area contributed by atoms with E-state index in [1.54, 1.807) is 4.90 Å². The fourth-order valence-electron chi connectivity index (χ4n) is 2.63. The smallest absolute Gasteiger partial charge is 0.410 e. The molecular weight excluding hydrogens is 266 g/mol. The van der Waals surface area contributed by atoms with Crippen molar-refractivity contribution in [2.24, 2.45) is 11.3 Å². The maximum Gasteiger partial charge on any atom is 0.410 e. The summed E-state index contributed by atoms with van der Waals surface area (Å²) in [6, 6.07) is 0. The predicted octanol–water partition coefficient (Wildman–Crippen LogP) is 4.03. The van der Waals surface area contributed by atoms with Gasteiger partial charge in [-0.25, -0.2) is 4.79 Å². The Balaban J connectivity index is 2.35. The summed E-state index contributed by atoms with van der Waals surface area (Å²) in [5, 5.41) is 0. The summed E-state index contributed by atoms with van der Waals surface area (Å²) in [5.41, 5.74) is -0.384. The standard InChI is InChI=1S/C17H31NO3/c1-16(2,3)12-14(19)11-13-7-9-18(10-8-13)15(20)21-17(4,5)6/h13H,7-12H2,1-6H3. The predicted molar refractivity (Wildman–Crippen MR) is 84.2 cm³/mol. The molecule has 21 heavy (non-hydrogen) atoms. The van der Waals surface area contributed by atoms with Crippen LogP contribution in [0.1, 0.15) is 67.2 Å². The molecule has 0 atom stereocenters. The highest BCUT2D eigenvalue weighted by Gasteiger charge is 2.28. The van der Waals surface area contributed by atoms with Crippen LogP contribution in [0.5, 0.6) is 0 Å². The van der Waals surface area contributed by atoms with Crippen molar-refractivity contribution in [1.82, 2.24) is 4.90 Å². The Morgan fingerprint density at radius 1 is 1.05 bits per heavy atom. The van der Waals surface area contributed by atoms with E-state index in [1.165, 1.54) is 0 Å². The third kappa shape index (κ3) is 7.49. The van der Waals surface area contributed by atoms with Crippen molar-refractivity contribution in [3.8, 4) is 0 Å². The van der Waals surface area contributed by atoms with Crippen LogP contribution in [0.4, 0.5) is 4.79 Å². The van der Waals surface area contributed by atoms with Crippen molar-refractivity contribution in [2.45, 2.75) is 72.8 Å². The number of hydrogen-bond donors (Lipinski definition) is 0. The molecule has 1 rings (SSSR count). The van der Waals surface area contributed by atoms with Gasteiger partial charge in [0, 0.05) is 25.9 Å². The molecule has 0 bridgehead atoms. The topological polar surface area (TPSA) is 46.6 Å². The minimum atomic E-state index is -0.448. The average molecular weight is 297 g/mol. The summed E-state index contributed by atoms with van der Waals surface area (Å²) >= 11 is 0. The number of ether oxygens (including phenoxy) is 1. The first kappa shape index (κ1) is 18.0. The molecule has 1 aliphatic rings. The molecule has 0 aromatic heterocycles. The van der Waals surface area contributed by atoms with Crippen molar-refractivity contribution in [3.05, 3.63) is 0 Å². The molecule has 1 saturated heterocycles. The van der Waals surface area contributed by atoms with Gasteiger partial charge >= 0.3 is 6.09 Å². The van der Waals surface area contributed by atoms with Crippen LogP contribution in [0.15, 0.2) is 0 Å². The molecule has 1 fully saturated rings. The highest BCUT2D eigenvalue weighted by Crippen LogP contribution is 2.26. The van der Waals surface area contributed by atoms with Crippen molar-refractivity contribution in [1.29, 1.82) is 0 Å². The molecular formula is C17H31NO3. The van der Waals surface area contributed by atoms with Crippen molar-refractivity contribution < 1.29 is 14.3 Å². The Bertz CT molecular complexity index is 368. The molecule has 1 aliphatic heterocycles. The molecule has 0 radical (unpaired) electrons. The second kappa shape index (κ2) is 6.80. The van der Waals surface area contributed by atoms with Crippen molar-refractivity contribution >= 4 is 11.9 Å². The van der Waals surface area contributed by atoms with E-state index < -0.39 is 5.60 Å². The van der Waals surface area contributed by atoms with E-state index in [2.05, 4.69) is 20.8 Å². The Kier molecular flexibility index (Phi) is 5.83. The molecule has 0 N–H and O–H groups in total. The molecule has 122 valence electrons. The minimum absolute atomic E-state index is 0.0638. The lowest BCUT2D eigenvalue weighted by Crippen LogP contribution is -2.42. The number of amides is 1. The Morgan fingerprint density at radius 2 is 1.57 bits per heavy atom. The van der Waals surface area contributed by atoms with Crippen LogP contribution in [0.25, 0.3) is 0 Å². The summed E-state index contributed by atoms with van der Waals surface area (Å²) in [6.07, 6.45) is 2.85. The van der Waals surface area contributed by atoms with Crippen LogP contribution in [0, 0.1) is 11.3 Å². The van der Waals surface area contributed by atoms with Crippen LogP contribution >= 0.6 is 0 Å². The van der Waals surface area contributed by atoms with Crippen molar-refractivity contribution in [2.75, 3.05) is 13.1 Å². The Labute approximate surface area is 129 Å². The van der Waals surface area contributed by atoms with E-state index in [4.69, 9.17) is 4.74 Å². The normalized spacial score (nSPS) is 17.7. The summed E-state index contributed by atoms with van der Waals surface area (Å²) in [5.74, 6) is 0.761. The number of rotatable bonds is 3. The van der Waals surface area contributed by atoms with Gasteiger partial charge in [0.2, 0.25) is 0 Å². The zero-order chi connectivity index (χ0) is 16.3. The first-order chi connectivity index (χ1) is 9.46. The molecule has 0 spiro atoms. The molecule has 0 aromatic carbocycles. The Morgan fingerprint density at radius 3 is 2.00 bits per heavy atom. The number of ketones is 1. The first-order valence-electron chi connectivity index (χ1n) is 7.96. The maximum atomic E-state index is 12.0. The van der Waals surface area contributed by atoms with Crippen LogP contribution < -0.4 is 0 Å². The zero-order valence-corrected chi connectivity index (χ0v) is 14.5. The van der Waals surface area contributed by atoms with Gasteiger partial charge in [-0.3, -0.25) is 4.79 Å². The molecule has 0 unspecified atom stereocenters. The lowest BCUT2D eigenvalue weighted by atomic mass is 9.84. The fraction of sp³-hybridized carbons (Fsp3) is 0.882. The third-order valence-electron chi connectivity index (χ3n) is 3.51. The number of likely N-dealkylation sites (tertiary alicyclic amines) is 1. The molecule has 0 aromatic rings. The van der Waals surface area contributed by atoms with Gasteiger partial charge in [-0.2, -0.15) is 0 Å². The summed E-state index contributed by atoms with van der Waals surface area (Å²) < 4.78 is 5.38. The van der Waals surface area contributed by atoms with Crippen LogP contribution in [-0.4, -0.2) is 35.5 Å². The summed E-state index contributed by atoms with van der Waals surface area (Å²) in [7, 11) is 0. The van der Waals surface area contributed by atoms with Crippen molar-refractivity contribution in [3.63, 3.8) is 0 Å². The number of carbonyl (C=O) groups excluding carboxylic acids is 2. The highest BCUT2D eigenvalue weighted by atomic mass is 16.6. The highest BCUT2D eigenvalue weighted by molar-refractivity contribution is 5.79. The lowest BCUT2D eigenvalue weighted by Gasteiger charge is -2.33. The molecule has 1 heterocycles. The van der Waals surface area contributed by atoms with E-state index in [-0.39, 0.29) is 11.5 Å². The van der Waals surface area contributed by atoms with E-state index in [0.717, 1.165) is 12.8 Å². The van der Waals surface area contributed by atoms with Gasteiger partial charge in [-0.1, -0.05) is 20.8 Å². The quantitative estimate of drug-likeness (QED) is 0.790. The van der Waals surface area contributed by atoms with Gasteiger partial charge in [0.25, 0.3) is 0 Å². The van der Waals surface area contributed by atoms with Crippen LogP contribution in [0.2, 0.25) is 0 Å². The minimum Gasteiger partial charge on any atom is -0.444 e. The molecule has 4 nitrogen and oxygen atoms in total. The second-order valence-electron chi connectivity index (χ2n) is 8.39. The van der Waals surface area contributed by atoms with E-state index in [0.29, 0.717) is 37.6 Å². The maximum absolute atomic E-state index is 12.0. The number of carbonyl (C=O) groups is 2. The molecule has 4 heteroatoms. The number of nitrogens with zero attached hydrogens (tertiary/aromatic N) is 1. The van der Waals surface area contributed by atoms with Gasteiger partial charge < -0.3 is 9.64 Å². The Hall–Kier alpha value is -1.06. The summed E-state index contributed by atoms with van der Waals surface area (Å²) in [4.78, 5) is 25.8. The average Bonchev–Trinajstić information content (AvgIpc) is 2.24. The molecule has 1 amide bonds. The van der Waals surface area contributed by atoms with Gasteiger partial charge in [0.1, 0.15) is 11.4 Å². The summed E-state index contributed by atoms with van der Waals surface area (Å²) in [6.45, 7) is 13.3. The molecule has 0 aliphatic carbocycles. The van der Waals surface area contributed by atoms with E-state index >= 15 is 0 Å². The van der Waals surface area contributed by atoms with E-state index in [1.807, 2.05) is 20.8 Å². The monoisotopic (exact) mass is 297 g/mol. The SMILES string of the molecule is CC(C)(C)CC(=O)CC1CCN(C(=O)OC(C)(C)C)CC1. The lowest BCUT2D eigenvalue weighted by molar-refractivity contribution is -0.121. The van der Waals surface area contributed by atoms with Crippen LogP contribution in [-0.2, 0) is 9.53 Å². The van der Waals surface area contributed by atoms with E-state index in [9.17, 15) is 9.59 Å². The van der Waals surface area contributed by atoms with Gasteiger partial charge in [0.15, 0.2) is 0 Å². The number of piperidine rings is 1. The van der Waals surface area contributed by atoms with Gasteiger partial charge in [0.05, 0.1) is 0 Å². The van der Waals surface area contributed by atoms with Crippen LogP contribution in [0.3, 0.4) is 0 Å². The second-order valence-corrected chi connectivity index (χ2v) is 8.39. The fourth-order valence-corrected chi connectivity index (χ4v) is 2.63. The van der Waals surface area contributed by atoms with Gasteiger partial charge in [-0.15, -0.1) is 0 Å². The largest absolute Gasteiger partial charge is 0.444 e. The number of hydrogen-bond acceptors (Lipinski definition) is 3. The zero-order valence-electron chi connectivity index (χ0n) is 14.5. The molecule has 0 saturated carbocycles. The first-order valence-corrected chi connectivity index (χ1v) is 7.96. The third-order valence-corrected chi connectivity index (χ3v) is 3.51. The van der Waals surface area contributed by atoms with Gasteiger partial charge in [-0.05, 0) is 44.9 Å². The number of Topliss-reactive ketones (excluding diaryl/α,β-unsaturated/α-hetero) is 1.